The van der Waals surface area contributed by atoms with Gasteiger partial charge in [-0.2, -0.15) is 0 Å². The Hall–Kier alpha value is -6.90. The van der Waals surface area contributed by atoms with Crippen LogP contribution in [-0.4, -0.2) is 0 Å². The lowest BCUT2D eigenvalue weighted by Crippen LogP contribution is -2.10. The number of nitrogens with zero attached hydrogens (tertiary/aromatic N) is 1. The topological polar surface area (TPSA) is 16.4 Å². The van der Waals surface area contributed by atoms with Gasteiger partial charge in [0.15, 0.2) is 0 Å². The maximum absolute atomic E-state index is 6.51. The standard InChI is InChI=1S/C50H33NO/c1-2-11-34(12-3-1)39-27-32-48-46(33-39)50-47(21-10-22-49(50)52-48)51(40-28-23-37(24-29-40)44-19-8-15-35-13-4-6-17-42(35)44)41-30-25-38(26-31-41)45-20-9-16-36-14-5-7-18-43(36)45/h1-33H. The summed E-state index contributed by atoms with van der Waals surface area (Å²) in [6.07, 6.45) is 0. The number of benzene rings is 9. The molecule has 0 fully saturated rings. The Morgan fingerprint density at radius 2 is 0.846 bits per heavy atom. The van der Waals surface area contributed by atoms with Gasteiger partial charge in [-0.15, -0.1) is 0 Å². The van der Waals surface area contributed by atoms with Gasteiger partial charge in [0, 0.05) is 16.8 Å². The third-order valence-corrected chi connectivity index (χ3v) is 10.3. The maximum atomic E-state index is 6.51. The summed E-state index contributed by atoms with van der Waals surface area (Å²) in [7, 11) is 0. The number of hydrogen-bond donors (Lipinski definition) is 0. The van der Waals surface area contributed by atoms with E-state index >= 15 is 0 Å². The van der Waals surface area contributed by atoms with Crippen LogP contribution in [0.15, 0.2) is 205 Å². The quantitative estimate of drug-likeness (QED) is 0.176. The Bertz CT molecular complexity index is 2750. The highest BCUT2D eigenvalue weighted by molar-refractivity contribution is 6.14. The first-order valence-corrected chi connectivity index (χ1v) is 17.8. The van der Waals surface area contributed by atoms with Crippen molar-refractivity contribution in [2.24, 2.45) is 0 Å². The molecule has 0 aliphatic carbocycles. The molecule has 0 saturated heterocycles. The van der Waals surface area contributed by atoms with Crippen LogP contribution >= 0.6 is 0 Å². The summed E-state index contributed by atoms with van der Waals surface area (Å²) >= 11 is 0. The molecule has 244 valence electrons. The zero-order valence-corrected chi connectivity index (χ0v) is 28.4. The molecular formula is C50H33NO. The molecule has 9 aromatic carbocycles. The molecular weight excluding hydrogens is 631 g/mol. The van der Waals surface area contributed by atoms with Gasteiger partial charge in [-0.3, -0.25) is 0 Å². The Balaban J connectivity index is 1.15. The normalized spacial score (nSPS) is 11.5. The summed E-state index contributed by atoms with van der Waals surface area (Å²) in [6, 6.07) is 71.7. The highest BCUT2D eigenvalue weighted by Gasteiger charge is 2.20. The molecule has 52 heavy (non-hydrogen) atoms. The summed E-state index contributed by atoms with van der Waals surface area (Å²) in [4.78, 5) is 2.37. The fourth-order valence-corrected chi connectivity index (χ4v) is 7.77. The molecule has 1 aromatic heterocycles. The first-order valence-electron chi connectivity index (χ1n) is 17.8. The number of rotatable bonds is 6. The van der Waals surface area contributed by atoms with E-state index in [0.29, 0.717) is 0 Å². The lowest BCUT2D eigenvalue weighted by molar-refractivity contribution is 0.669. The van der Waals surface area contributed by atoms with Crippen molar-refractivity contribution in [3.8, 4) is 33.4 Å². The van der Waals surface area contributed by atoms with Crippen molar-refractivity contribution in [1.82, 2.24) is 0 Å². The maximum Gasteiger partial charge on any atom is 0.137 e. The smallest absolute Gasteiger partial charge is 0.137 e. The number of hydrogen-bond acceptors (Lipinski definition) is 2. The van der Waals surface area contributed by atoms with Crippen LogP contribution in [0.25, 0.3) is 76.9 Å². The van der Waals surface area contributed by atoms with Gasteiger partial charge in [0.1, 0.15) is 11.2 Å². The molecule has 0 aliphatic heterocycles. The minimum Gasteiger partial charge on any atom is -0.456 e. The average molecular weight is 664 g/mol. The molecule has 1 heterocycles. The molecule has 0 atom stereocenters. The van der Waals surface area contributed by atoms with Crippen LogP contribution in [0.4, 0.5) is 17.1 Å². The summed E-state index contributed by atoms with van der Waals surface area (Å²) < 4.78 is 6.51. The lowest BCUT2D eigenvalue weighted by atomic mass is 9.97. The van der Waals surface area contributed by atoms with E-state index in [1.807, 2.05) is 0 Å². The highest BCUT2D eigenvalue weighted by Crippen LogP contribution is 2.45. The summed E-state index contributed by atoms with van der Waals surface area (Å²) in [5, 5.41) is 7.17. The first-order chi connectivity index (χ1) is 25.8. The van der Waals surface area contributed by atoms with Crippen LogP contribution < -0.4 is 4.90 Å². The summed E-state index contributed by atoms with van der Waals surface area (Å²) in [6.45, 7) is 0. The van der Waals surface area contributed by atoms with E-state index in [-0.39, 0.29) is 0 Å². The Morgan fingerprint density at radius 3 is 1.46 bits per heavy atom. The molecule has 0 spiro atoms. The predicted octanol–water partition coefficient (Wildman–Crippen LogP) is 14.4. The second kappa shape index (κ2) is 12.5. The van der Waals surface area contributed by atoms with Gasteiger partial charge in [0.05, 0.1) is 11.1 Å². The van der Waals surface area contributed by atoms with E-state index in [1.54, 1.807) is 0 Å². The Morgan fingerprint density at radius 1 is 0.327 bits per heavy atom. The van der Waals surface area contributed by atoms with Crippen molar-refractivity contribution in [1.29, 1.82) is 0 Å². The molecule has 0 amide bonds. The van der Waals surface area contributed by atoms with E-state index < -0.39 is 0 Å². The fourth-order valence-electron chi connectivity index (χ4n) is 7.77. The molecule has 10 aromatic rings. The fraction of sp³-hybridized carbons (Fsp3) is 0. The van der Waals surface area contributed by atoms with Crippen LogP contribution in [0.2, 0.25) is 0 Å². The second-order valence-corrected chi connectivity index (χ2v) is 13.3. The van der Waals surface area contributed by atoms with Crippen LogP contribution in [-0.2, 0) is 0 Å². The van der Waals surface area contributed by atoms with Crippen LogP contribution in [0.1, 0.15) is 0 Å². The third kappa shape index (κ3) is 5.12. The molecule has 0 saturated carbocycles. The predicted molar refractivity (Wildman–Crippen MR) is 220 cm³/mol. The summed E-state index contributed by atoms with van der Waals surface area (Å²) in [5.41, 5.74) is 12.1. The largest absolute Gasteiger partial charge is 0.456 e. The minimum atomic E-state index is 0.863. The summed E-state index contributed by atoms with van der Waals surface area (Å²) in [5.74, 6) is 0. The van der Waals surface area contributed by atoms with E-state index in [9.17, 15) is 0 Å². The Kier molecular flexibility index (Phi) is 7.18. The third-order valence-electron chi connectivity index (χ3n) is 10.3. The van der Waals surface area contributed by atoms with E-state index in [0.717, 1.165) is 44.6 Å². The first kappa shape index (κ1) is 30.0. The minimum absolute atomic E-state index is 0.863. The van der Waals surface area contributed by atoms with Crippen LogP contribution in [0, 0.1) is 0 Å². The van der Waals surface area contributed by atoms with E-state index in [2.05, 4.69) is 205 Å². The molecule has 0 aliphatic rings. The number of fused-ring (bicyclic) bond motifs is 5. The SMILES string of the molecule is c1ccc(-c2ccc3oc4cccc(N(c5ccc(-c6cccc7ccccc67)cc5)c5ccc(-c6cccc7ccccc67)cc5)c4c3c2)cc1. The van der Waals surface area contributed by atoms with E-state index in [1.165, 1.54) is 49.4 Å². The molecule has 0 unspecified atom stereocenters. The van der Waals surface area contributed by atoms with Crippen molar-refractivity contribution in [2.45, 2.75) is 0 Å². The van der Waals surface area contributed by atoms with Gasteiger partial charge in [0.25, 0.3) is 0 Å². The molecule has 0 bridgehead atoms. The lowest BCUT2D eigenvalue weighted by Gasteiger charge is -2.27. The number of furan rings is 1. The van der Waals surface area contributed by atoms with Crippen molar-refractivity contribution in [3.63, 3.8) is 0 Å². The van der Waals surface area contributed by atoms with Crippen molar-refractivity contribution >= 4 is 60.5 Å². The van der Waals surface area contributed by atoms with Gasteiger partial charge in [-0.25, -0.2) is 0 Å². The van der Waals surface area contributed by atoms with Gasteiger partial charge in [-0.1, -0.05) is 152 Å². The monoisotopic (exact) mass is 663 g/mol. The Labute approximate surface area is 302 Å². The molecule has 2 nitrogen and oxygen atoms in total. The van der Waals surface area contributed by atoms with Gasteiger partial charge < -0.3 is 9.32 Å². The van der Waals surface area contributed by atoms with Gasteiger partial charge in [0.2, 0.25) is 0 Å². The highest BCUT2D eigenvalue weighted by atomic mass is 16.3. The zero-order chi connectivity index (χ0) is 34.4. The van der Waals surface area contributed by atoms with Crippen LogP contribution in [0.5, 0.6) is 0 Å². The molecule has 0 N–H and O–H groups in total. The molecule has 0 radical (unpaired) electrons. The zero-order valence-electron chi connectivity index (χ0n) is 28.4. The van der Waals surface area contributed by atoms with Crippen LogP contribution in [0.3, 0.4) is 0 Å². The number of anilines is 3. The van der Waals surface area contributed by atoms with Crippen molar-refractivity contribution in [2.75, 3.05) is 4.90 Å². The van der Waals surface area contributed by atoms with E-state index in [4.69, 9.17) is 4.42 Å². The van der Waals surface area contributed by atoms with Gasteiger partial charge >= 0.3 is 0 Å². The van der Waals surface area contributed by atoms with Crippen molar-refractivity contribution < 1.29 is 4.42 Å². The van der Waals surface area contributed by atoms with Crippen molar-refractivity contribution in [3.05, 3.63) is 200 Å². The second-order valence-electron chi connectivity index (χ2n) is 13.3. The average Bonchev–Trinajstić information content (AvgIpc) is 3.60. The van der Waals surface area contributed by atoms with Gasteiger partial charge in [-0.05, 0) is 103 Å². The molecule has 2 heteroatoms. The molecule has 10 rings (SSSR count).